The molecule has 2 atom stereocenters. The van der Waals surface area contributed by atoms with Crippen LogP contribution in [0.2, 0.25) is 0 Å². The normalized spacial score (nSPS) is 23.7. The molecule has 162 valence electrons. The molecule has 1 fully saturated rings. The van der Waals surface area contributed by atoms with Crippen molar-refractivity contribution < 1.29 is 31.1 Å². The quantitative estimate of drug-likeness (QED) is 0.698. The van der Waals surface area contributed by atoms with Crippen LogP contribution in [0, 0.1) is 17.2 Å². The van der Waals surface area contributed by atoms with Crippen molar-refractivity contribution in [2.75, 3.05) is 5.32 Å². The second-order valence-electron chi connectivity index (χ2n) is 8.08. The number of carbonyl (C=O) groups is 1. The number of fused-ring (bicyclic) bond motifs is 1. The third kappa shape index (κ3) is 3.28. The Balaban J connectivity index is 1.99. The van der Waals surface area contributed by atoms with Crippen molar-refractivity contribution in [3.05, 3.63) is 23.8 Å². The van der Waals surface area contributed by atoms with Crippen LogP contribution >= 0.6 is 0 Å². The summed E-state index contributed by atoms with van der Waals surface area (Å²) in [5, 5.41) is 11.3. The summed E-state index contributed by atoms with van der Waals surface area (Å²) in [6.45, 7) is 2.43. The van der Waals surface area contributed by atoms with Crippen LogP contribution in [0.15, 0.2) is 18.2 Å². The number of rotatable bonds is 4. The molecule has 2 unspecified atom stereocenters. The van der Waals surface area contributed by atoms with E-state index in [9.17, 15) is 31.1 Å². The zero-order valence-electron chi connectivity index (χ0n) is 16.2. The van der Waals surface area contributed by atoms with Crippen LogP contribution in [0.4, 0.5) is 32.3 Å². The predicted molar refractivity (Wildman–Crippen MR) is 95.6 cm³/mol. The molecule has 11 heteroatoms. The van der Waals surface area contributed by atoms with Crippen LogP contribution in [-0.2, 0) is 10.3 Å². The summed E-state index contributed by atoms with van der Waals surface area (Å²) in [5.74, 6) is -6.24. The number of nitrogens with one attached hydrogen (secondary N) is 1. The average Bonchev–Trinajstić information content (AvgIpc) is 2.97. The molecule has 0 aliphatic heterocycles. The van der Waals surface area contributed by atoms with Gasteiger partial charge in [-0.25, -0.2) is 18.2 Å². The number of amides is 1. The Hall–Kier alpha value is -2.77. The number of alkyl halides is 6. The largest absolute Gasteiger partial charge is 0.411 e. The van der Waals surface area contributed by atoms with Crippen molar-refractivity contribution in [3.8, 4) is 6.07 Å². The molecular weight excluding hydrogens is 414 g/mol. The monoisotopic (exact) mass is 432 g/mol. The highest BCUT2D eigenvalue weighted by molar-refractivity contribution is 5.92. The third-order valence-corrected chi connectivity index (χ3v) is 5.70. The Kier molecular flexibility index (Phi) is 4.84. The number of aromatic nitrogens is 2. The topological polar surface area (TPSA) is 70.7 Å². The van der Waals surface area contributed by atoms with Crippen molar-refractivity contribution in [2.45, 2.75) is 56.9 Å². The minimum absolute atomic E-state index is 0.0443. The third-order valence-electron chi connectivity index (χ3n) is 5.70. The predicted octanol–water partition coefficient (Wildman–Crippen LogP) is 4.92. The Morgan fingerprint density at radius 1 is 1.33 bits per heavy atom. The lowest BCUT2D eigenvalue weighted by molar-refractivity contribution is -0.242. The van der Waals surface area contributed by atoms with Gasteiger partial charge in [0.2, 0.25) is 11.9 Å². The minimum Gasteiger partial charge on any atom is -0.296 e. The Morgan fingerprint density at radius 2 is 1.97 bits per heavy atom. The van der Waals surface area contributed by atoms with E-state index in [4.69, 9.17) is 5.26 Å². The summed E-state index contributed by atoms with van der Waals surface area (Å²) in [7, 11) is 0. The first-order valence-electron chi connectivity index (χ1n) is 8.98. The van der Waals surface area contributed by atoms with Crippen molar-refractivity contribution >= 4 is 22.9 Å². The van der Waals surface area contributed by atoms with Crippen LogP contribution in [0.3, 0.4) is 0 Å². The minimum atomic E-state index is -4.75. The molecule has 5 nitrogen and oxygen atoms in total. The number of anilines is 1. The molecule has 2 aromatic rings. The van der Waals surface area contributed by atoms with Crippen molar-refractivity contribution in [1.82, 2.24) is 9.55 Å². The Labute approximate surface area is 167 Å². The molecule has 1 aromatic heterocycles. The molecule has 0 radical (unpaired) electrons. The number of nitrogens with zero attached hydrogens (tertiary/aromatic N) is 3. The maximum atomic E-state index is 14.1. The van der Waals surface area contributed by atoms with Gasteiger partial charge >= 0.3 is 6.18 Å². The van der Waals surface area contributed by atoms with Crippen LogP contribution < -0.4 is 5.32 Å². The molecule has 1 aliphatic rings. The maximum absolute atomic E-state index is 14.1. The summed E-state index contributed by atoms with van der Waals surface area (Å²) < 4.78 is 82.7. The van der Waals surface area contributed by atoms with Crippen molar-refractivity contribution in [3.63, 3.8) is 0 Å². The van der Waals surface area contributed by atoms with E-state index in [1.165, 1.54) is 18.2 Å². The van der Waals surface area contributed by atoms with E-state index >= 15 is 0 Å². The number of halogens is 6. The maximum Gasteiger partial charge on any atom is 0.411 e. The highest BCUT2D eigenvalue weighted by Crippen LogP contribution is 2.55. The van der Waals surface area contributed by atoms with E-state index in [0.717, 1.165) is 18.4 Å². The van der Waals surface area contributed by atoms with Gasteiger partial charge in [-0.1, -0.05) is 0 Å². The molecule has 3 rings (SSSR count). The molecule has 30 heavy (non-hydrogen) atoms. The van der Waals surface area contributed by atoms with Gasteiger partial charge in [-0.05, 0) is 39.0 Å². The zero-order valence-corrected chi connectivity index (χ0v) is 16.2. The second-order valence-corrected chi connectivity index (χ2v) is 8.08. The Morgan fingerprint density at radius 3 is 2.47 bits per heavy atom. The lowest BCUT2D eigenvalue weighted by Gasteiger charge is -2.47. The molecule has 0 spiro atoms. The van der Waals surface area contributed by atoms with Gasteiger partial charge in [-0.3, -0.25) is 14.7 Å². The zero-order chi connectivity index (χ0) is 22.7. The van der Waals surface area contributed by atoms with E-state index in [2.05, 4.69) is 10.3 Å². The van der Waals surface area contributed by atoms with E-state index < -0.39 is 53.9 Å². The first kappa shape index (κ1) is 21.9. The molecule has 1 saturated carbocycles. The number of benzene rings is 1. The second kappa shape index (κ2) is 6.62. The van der Waals surface area contributed by atoms with Gasteiger partial charge < -0.3 is 0 Å². The lowest BCUT2D eigenvalue weighted by Crippen LogP contribution is -2.60. The first-order chi connectivity index (χ1) is 13.6. The fraction of sp³-hybridized carbons (Fsp3) is 0.526. The van der Waals surface area contributed by atoms with E-state index in [1.54, 1.807) is 0 Å². The summed E-state index contributed by atoms with van der Waals surface area (Å²) in [6, 6.07) is 5.72. The molecule has 1 N–H and O–H groups in total. The van der Waals surface area contributed by atoms with Gasteiger partial charge in [0, 0.05) is 18.8 Å². The molecule has 1 aliphatic carbocycles. The number of hydrogen-bond acceptors (Lipinski definition) is 3. The van der Waals surface area contributed by atoms with Crippen molar-refractivity contribution in [1.29, 1.82) is 5.26 Å². The van der Waals surface area contributed by atoms with E-state index in [0.29, 0.717) is 6.92 Å². The summed E-state index contributed by atoms with van der Waals surface area (Å²) in [6.07, 6.45) is -6.22. The van der Waals surface area contributed by atoms with Crippen LogP contribution in [0.5, 0.6) is 0 Å². The molecular formula is C19H18F6N4O. The molecule has 1 amide bonds. The molecule has 1 aromatic carbocycles. The van der Waals surface area contributed by atoms with Gasteiger partial charge in [0.25, 0.3) is 5.92 Å². The number of hydrogen-bond donors (Lipinski definition) is 1. The van der Waals surface area contributed by atoms with Gasteiger partial charge in [-0.15, -0.1) is 0 Å². The number of imidazole rings is 1. The number of nitriles is 1. The van der Waals surface area contributed by atoms with E-state index in [1.807, 2.05) is 6.07 Å². The molecule has 1 heterocycles. The van der Waals surface area contributed by atoms with Gasteiger partial charge in [-0.2, -0.15) is 18.4 Å². The fourth-order valence-corrected chi connectivity index (χ4v) is 3.45. The SMILES string of the molecule is CC1(F)C(CC(=O)Nc2nc3ccc(C#N)cc3n2C(C)(C)C(F)(F)F)CC1(F)F. The van der Waals surface area contributed by atoms with Crippen LogP contribution in [0.25, 0.3) is 11.0 Å². The van der Waals surface area contributed by atoms with Crippen LogP contribution in [0.1, 0.15) is 39.2 Å². The molecule has 0 saturated heterocycles. The van der Waals surface area contributed by atoms with Crippen molar-refractivity contribution in [2.24, 2.45) is 5.92 Å². The van der Waals surface area contributed by atoms with E-state index in [-0.39, 0.29) is 16.6 Å². The van der Waals surface area contributed by atoms with Crippen LogP contribution in [-0.4, -0.2) is 33.2 Å². The summed E-state index contributed by atoms with van der Waals surface area (Å²) >= 11 is 0. The number of carbonyl (C=O) groups excluding carboxylic acids is 1. The standard InChI is InChI=1S/C19H18F6N4O/c1-16(2,19(23,24)25)29-13-6-10(9-26)4-5-12(13)27-15(29)28-14(30)7-11-8-18(21,22)17(11,3)20/h4-6,11H,7-8H2,1-3H3,(H,27,28,30). The summed E-state index contributed by atoms with van der Waals surface area (Å²) in [5.41, 5.74) is -5.28. The fourth-order valence-electron chi connectivity index (χ4n) is 3.45. The molecule has 0 bridgehead atoms. The lowest BCUT2D eigenvalue weighted by atomic mass is 9.67. The van der Waals surface area contributed by atoms with Gasteiger partial charge in [0.1, 0.15) is 5.54 Å². The van der Waals surface area contributed by atoms with Gasteiger partial charge in [0.15, 0.2) is 5.67 Å². The van der Waals surface area contributed by atoms with Gasteiger partial charge in [0.05, 0.1) is 22.7 Å². The first-order valence-corrected chi connectivity index (χ1v) is 8.98. The highest BCUT2D eigenvalue weighted by atomic mass is 19.4. The highest BCUT2D eigenvalue weighted by Gasteiger charge is 2.66. The summed E-state index contributed by atoms with van der Waals surface area (Å²) in [4.78, 5) is 16.3. The Bertz CT molecular complexity index is 1050. The smallest absolute Gasteiger partial charge is 0.296 e. The average molecular weight is 432 g/mol.